The van der Waals surface area contributed by atoms with Crippen LogP contribution in [-0.2, 0) is 14.3 Å². The van der Waals surface area contributed by atoms with E-state index in [2.05, 4.69) is 0 Å². The molecule has 0 spiro atoms. The molecule has 1 aromatic carbocycles. The standard InChI is InChI=1S/C20H23F4N5O4/c21-14-8-12(28-11-13(33-20(28)32)10-25-19(31)18(23)24)9-15(22)17(14)26-4-6-27-3-1-2-16(30)29(27)7-5-26/h8-9,13,18H,1-7,10-11H2,(H,25,31)/t13-/m0/s1. The molecular weight excluding hydrogens is 450 g/mol. The van der Waals surface area contributed by atoms with Crippen molar-refractivity contribution in [2.75, 3.05) is 55.6 Å². The SMILES string of the molecule is O=C(NC[C@H]1CN(c2cc(F)c(N3CCN4CCCC(=O)N4CC3)c(F)c2)C(=O)O1)C(F)F. The summed E-state index contributed by atoms with van der Waals surface area (Å²) >= 11 is 0. The zero-order valence-corrected chi connectivity index (χ0v) is 17.6. The first-order valence-corrected chi connectivity index (χ1v) is 10.6. The summed E-state index contributed by atoms with van der Waals surface area (Å²) in [5.74, 6) is -3.27. The van der Waals surface area contributed by atoms with Gasteiger partial charge in [-0.3, -0.25) is 19.5 Å². The fraction of sp³-hybridized carbons (Fsp3) is 0.550. The van der Waals surface area contributed by atoms with Crippen molar-refractivity contribution in [3.8, 4) is 0 Å². The quantitative estimate of drug-likeness (QED) is 0.650. The molecule has 1 N–H and O–H groups in total. The smallest absolute Gasteiger partial charge is 0.414 e. The Morgan fingerprint density at radius 2 is 1.79 bits per heavy atom. The molecule has 33 heavy (non-hydrogen) atoms. The van der Waals surface area contributed by atoms with E-state index >= 15 is 8.78 Å². The number of benzene rings is 1. The van der Waals surface area contributed by atoms with E-state index in [4.69, 9.17) is 4.74 Å². The number of rotatable bonds is 5. The summed E-state index contributed by atoms with van der Waals surface area (Å²) in [5.41, 5.74) is -0.340. The van der Waals surface area contributed by atoms with Crippen LogP contribution < -0.4 is 15.1 Å². The summed E-state index contributed by atoms with van der Waals surface area (Å²) in [6.07, 6.45) is -3.86. The van der Waals surface area contributed by atoms with Crippen molar-refractivity contribution in [1.29, 1.82) is 0 Å². The molecule has 3 amide bonds. The average molecular weight is 473 g/mol. The summed E-state index contributed by atoms with van der Waals surface area (Å²) < 4.78 is 59.6. The largest absolute Gasteiger partial charge is 0.442 e. The number of ether oxygens (including phenoxy) is 1. The van der Waals surface area contributed by atoms with Gasteiger partial charge in [0.25, 0.3) is 5.91 Å². The molecular formula is C20H23F4N5O4. The average Bonchev–Trinajstić information content (AvgIpc) is 3.00. The molecule has 3 heterocycles. The number of nitrogens with one attached hydrogen (secondary N) is 1. The highest BCUT2D eigenvalue weighted by molar-refractivity contribution is 5.90. The van der Waals surface area contributed by atoms with Crippen LogP contribution in [0.3, 0.4) is 0 Å². The second-order valence-corrected chi connectivity index (χ2v) is 7.98. The van der Waals surface area contributed by atoms with Gasteiger partial charge in [0, 0.05) is 44.7 Å². The molecule has 0 saturated carbocycles. The van der Waals surface area contributed by atoms with Crippen molar-refractivity contribution in [2.24, 2.45) is 0 Å². The predicted octanol–water partition coefficient (Wildman–Crippen LogP) is 1.33. The maximum Gasteiger partial charge on any atom is 0.414 e. The maximum absolute atomic E-state index is 15.0. The molecule has 3 aliphatic heterocycles. The van der Waals surface area contributed by atoms with Crippen LogP contribution >= 0.6 is 0 Å². The number of carbonyl (C=O) groups excluding carboxylic acids is 3. The normalized spacial score (nSPS) is 21.8. The van der Waals surface area contributed by atoms with Crippen LogP contribution in [0.25, 0.3) is 0 Å². The van der Waals surface area contributed by atoms with E-state index in [1.807, 2.05) is 10.3 Å². The number of amides is 3. The van der Waals surface area contributed by atoms with E-state index in [-0.39, 0.29) is 36.9 Å². The van der Waals surface area contributed by atoms with Crippen LogP contribution in [0.15, 0.2) is 12.1 Å². The molecule has 9 nitrogen and oxygen atoms in total. The first-order valence-electron chi connectivity index (χ1n) is 10.6. The molecule has 0 unspecified atom stereocenters. The van der Waals surface area contributed by atoms with Crippen molar-refractivity contribution in [3.05, 3.63) is 23.8 Å². The van der Waals surface area contributed by atoms with Gasteiger partial charge in [-0.2, -0.15) is 8.78 Å². The molecule has 180 valence electrons. The van der Waals surface area contributed by atoms with E-state index in [1.54, 1.807) is 5.01 Å². The number of nitrogens with zero attached hydrogens (tertiary/aromatic N) is 4. The molecule has 3 aliphatic rings. The highest BCUT2D eigenvalue weighted by atomic mass is 19.3. The van der Waals surface area contributed by atoms with Crippen LogP contribution in [0, 0.1) is 11.6 Å². The maximum atomic E-state index is 15.0. The fourth-order valence-electron chi connectivity index (χ4n) is 4.25. The Morgan fingerprint density at radius 3 is 2.48 bits per heavy atom. The van der Waals surface area contributed by atoms with E-state index < -0.39 is 36.2 Å². The molecule has 13 heteroatoms. The minimum absolute atomic E-state index is 0.00812. The van der Waals surface area contributed by atoms with Gasteiger partial charge in [-0.15, -0.1) is 0 Å². The highest BCUT2D eigenvalue weighted by Gasteiger charge is 2.35. The molecule has 3 saturated heterocycles. The first-order chi connectivity index (χ1) is 15.7. The van der Waals surface area contributed by atoms with Crippen LogP contribution in [-0.4, -0.2) is 86.3 Å². The van der Waals surface area contributed by atoms with E-state index in [1.165, 1.54) is 4.90 Å². The first kappa shape index (κ1) is 23.1. The Kier molecular flexibility index (Phi) is 6.58. The van der Waals surface area contributed by atoms with Gasteiger partial charge in [0.1, 0.15) is 11.8 Å². The number of cyclic esters (lactones) is 1. The van der Waals surface area contributed by atoms with Crippen molar-refractivity contribution >= 4 is 29.3 Å². The van der Waals surface area contributed by atoms with Gasteiger partial charge < -0.3 is 15.0 Å². The number of fused-ring (bicyclic) bond motifs is 1. The number of halogens is 4. The summed E-state index contributed by atoms with van der Waals surface area (Å²) in [7, 11) is 0. The van der Waals surface area contributed by atoms with Crippen molar-refractivity contribution in [1.82, 2.24) is 15.3 Å². The Balaban J connectivity index is 1.46. The lowest BCUT2D eigenvalue weighted by Gasteiger charge is -2.36. The Hall–Kier alpha value is -3.09. The number of anilines is 2. The highest BCUT2D eigenvalue weighted by Crippen LogP contribution is 2.31. The minimum Gasteiger partial charge on any atom is -0.442 e. The molecule has 0 aromatic heterocycles. The van der Waals surface area contributed by atoms with Gasteiger partial charge in [0.15, 0.2) is 11.6 Å². The molecule has 4 rings (SSSR count). The lowest BCUT2D eigenvalue weighted by Crippen LogP contribution is -2.50. The molecule has 0 bridgehead atoms. The molecule has 1 aromatic rings. The van der Waals surface area contributed by atoms with Crippen molar-refractivity contribution in [2.45, 2.75) is 25.4 Å². The van der Waals surface area contributed by atoms with E-state index in [0.717, 1.165) is 23.5 Å². The van der Waals surface area contributed by atoms with Gasteiger partial charge in [-0.25, -0.2) is 18.6 Å². The topological polar surface area (TPSA) is 85.4 Å². The van der Waals surface area contributed by atoms with Gasteiger partial charge in [-0.1, -0.05) is 0 Å². The van der Waals surface area contributed by atoms with Crippen molar-refractivity contribution < 1.29 is 36.7 Å². The second kappa shape index (κ2) is 9.41. The lowest BCUT2D eigenvalue weighted by molar-refractivity contribution is -0.153. The third kappa shape index (κ3) is 4.82. The molecule has 0 radical (unpaired) electrons. The molecule has 1 atom stereocenters. The number of hydrazine groups is 1. The van der Waals surface area contributed by atoms with Gasteiger partial charge >= 0.3 is 12.5 Å². The van der Waals surface area contributed by atoms with Crippen LogP contribution in [0.4, 0.5) is 33.7 Å². The molecule has 0 aliphatic carbocycles. The summed E-state index contributed by atoms with van der Waals surface area (Å²) in [6.45, 7) is 1.49. The molecule has 3 fully saturated rings. The monoisotopic (exact) mass is 473 g/mol. The number of carbonyl (C=O) groups is 3. The van der Waals surface area contributed by atoms with Crippen molar-refractivity contribution in [3.63, 3.8) is 0 Å². The van der Waals surface area contributed by atoms with Crippen LogP contribution in [0.1, 0.15) is 12.8 Å². The second-order valence-electron chi connectivity index (χ2n) is 7.98. The summed E-state index contributed by atoms with van der Waals surface area (Å²) in [4.78, 5) is 37.8. The number of hydrogen-bond acceptors (Lipinski definition) is 6. The number of hydrogen-bond donors (Lipinski definition) is 1. The zero-order valence-electron chi connectivity index (χ0n) is 17.6. The third-order valence-corrected chi connectivity index (χ3v) is 5.85. The fourth-order valence-corrected chi connectivity index (χ4v) is 4.25. The van der Waals surface area contributed by atoms with Crippen LogP contribution in [0.2, 0.25) is 0 Å². The Bertz CT molecular complexity index is 926. The zero-order chi connectivity index (χ0) is 23.7. The van der Waals surface area contributed by atoms with E-state index in [0.29, 0.717) is 32.6 Å². The lowest BCUT2D eigenvalue weighted by atomic mass is 10.2. The Labute approximate surface area is 186 Å². The van der Waals surface area contributed by atoms with Gasteiger partial charge in [-0.05, 0) is 6.42 Å². The predicted molar refractivity (Wildman–Crippen MR) is 108 cm³/mol. The van der Waals surface area contributed by atoms with E-state index in [9.17, 15) is 23.2 Å². The van der Waals surface area contributed by atoms with Crippen LogP contribution in [0.5, 0.6) is 0 Å². The summed E-state index contributed by atoms with van der Waals surface area (Å²) in [6, 6.07) is 2.01. The Morgan fingerprint density at radius 1 is 1.09 bits per heavy atom. The van der Waals surface area contributed by atoms with Gasteiger partial charge in [0.05, 0.1) is 25.3 Å². The number of alkyl halides is 2. The third-order valence-electron chi connectivity index (χ3n) is 5.85. The van der Waals surface area contributed by atoms with Gasteiger partial charge in [0.2, 0.25) is 5.91 Å². The minimum atomic E-state index is -3.21. The summed E-state index contributed by atoms with van der Waals surface area (Å²) in [5, 5.41) is 5.46.